The van der Waals surface area contributed by atoms with Gasteiger partial charge < -0.3 is 5.73 Å². The first kappa shape index (κ1) is 11.2. The van der Waals surface area contributed by atoms with Crippen LogP contribution in [-0.2, 0) is 13.1 Å². The maximum Gasteiger partial charge on any atom is 0.0673 e. The van der Waals surface area contributed by atoms with E-state index in [9.17, 15) is 0 Å². The van der Waals surface area contributed by atoms with Crippen molar-refractivity contribution in [1.29, 1.82) is 0 Å². The second-order valence-corrected chi connectivity index (χ2v) is 4.19. The van der Waals surface area contributed by atoms with E-state index in [1.807, 2.05) is 42.1 Å². The minimum Gasteiger partial charge on any atom is -0.326 e. The number of hydrogen-bond donors (Lipinski definition) is 1. The van der Waals surface area contributed by atoms with E-state index in [-0.39, 0.29) is 0 Å². The van der Waals surface area contributed by atoms with Crippen molar-refractivity contribution in [3.05, 3.63) is 52.3 Å². The number of nitrogens with zero attached hydrogens (tertiary/aromatic N) is 2. The Bertz CT molecular complexity index is 491. The molecule has 1 aromatic carbocycles. The first-order valence-electron chi connectivity index (χ1n) is 5.16. The minimum absolute atomic E-state index is 0.515. The summed E-state index contributed by atoms with van der Waals surface area (Å²) >= 11 is 6.17. The van der Waals surface area contributed by atoms with Gasteiger partial charge in [0.25, 0.3) is 0 Å². The lowest BCUT2D eigenvalue weighted by Crippen LogP contribution is -2.02. The number of halogens is 1. The summed E-state index contributed by atoms with van der Waals surface area (Å²) in [6.07, 6.45) is 1.95. The van der Waals surface area contributed by atoms with Gasteiger partial charge in [-0.1, -0.05) is 23.7 Å². The van der Waals surface area contributed by atoms with E-state index >= 15 is 0 Å². The molecule has 4 heteroatoms. The van der Waals surface area contributed by atoms with E-state index in [4.69, 9.17) is 17.3 Å². The van der Waals surface area contributed by atoms with Gasteiger partial charge in [-0.3, -0.25) is 4.68 Å². The van der Waals surface area contributed by atoms with E-state index in [0.717, 1.165) is 21.8 Å². The molecule has 0 unspecified atom stereocenters. The van der Waals surface area contributed by atoms with Gasteiger partial charge in [0.1, 0.15) is 0 Å². The van der Waals surface area contributed by atoms with Crippen molar-refractivity contribution in [3.8, 4) is 0 Å². The van der Waals surface area contributed by atoms with Crippen LogP contribution in [0.25, 0.3) is 0 Å². The van der Waals surface area contributed by atoms with Gasteiger partial charge in [0, 0.05) is 17.8 Å². The fraction of sp³-hybridized carbons (Fsp3) is 0.250. The Hall–Kier alpha value is -1.32. The molecular weight excluding hydrogens is 222 g/mol. The zero-order valence-corrected chi connectivity index (χ0v) is 9.91. The molecule has 2 aromatic rings. The van der Waals surface area contributed by atoms with Gasteiger partial charge in [0.05, 0.1) is 12.2 Å². The van der Waals surface area contributed by atoms with E-state index in [1.54, 1.807) is 0 Å². The van der Waals surface area contributed by atoms with Crippen molar-refractivity contribution in [2.75, 3.05) is 0 Å². The van der Waals surface area contributed by atoms with Crippen molar-refractivity contribution >= 4 is 11.6 Å². The summed E-state index contributed by atoms with van der Waals surface area (Å²) in [6, 6.07) is 7.88. The third-order valence-corrected chi connectivity index (χ3v) is 2.81. The van der Waals surface area contributed by atoms with Crippen molar-refractivity contribution in [3.63, 3.8) is 0 Å². The highest BCUT2D eigenvalue weighted by atomic mass is 35.5. The average Bonchev–Trinajstić information content (AvgIpc) is 2.67. The van der Waals surface area contributed by atoms with Crippen LogP contribution in [0.1, 0.15) is 16.8 Å². The van der Waals surface area contributed by atoms with Crippen LogP contribution < -0.4 is 5.73 Å². The maximum atomic E-state index is 6.17. The van der Waals surface area contributed by atoms with Gasteiger partial charge in [0.2, 0.25) is 0 Å². The van der Waals surface area contributed by atoms with Crippen LogP contribution in [0.3, 0.4) is 0 Å². The summed E-state index contributed by atoms with van der Waals surface area (Å²) in [6.45, 7) is 3.17. The molecule has 0 aliphatic carbocycles. The van der Waals surface area contributed by atoms with Crippen molar-refractivity contribution in [2.45, 2.75) is 20.0 Å². The van der Waals surface area contributed by atoms with Crippen molar-refractivity contribution < 1.29 is 0 Å². The lowest BCUT2D eigenvalue weighted by Gasteiger charge is -2.06. The van der Waals surface area contributed by atoms with Crippen LogP contribution in [0, 0.1) is 6.92 Å². The van der Waals surface area contributed by atoms with Gasteiger partial charge in [-0.15, -0.1) is 0 Å². The van der Waals surface area contributed by atoms with E-state index in [0.29, 0.717) is 13.1 Å². The summed E-state index contributed by atoms with van der Waals surface area (Å²) in [5.41, 5.74) is 8.66. The van der Waals surface area contributed by atoms with Crippen LogP contribution in [0.4, 0.5) is 0 Å². The Labute approximate surface area is 99.8 Å². The van der Waals surface area contributed by atoms with Crippen LogP contribution >= 0.6 is 11.6 Å². The van der Waals surface area contributed by atoms with Gasteiger partial charge in [0.15, 0.2) is 0 Å². The topological polar surface area (TPSA) is 43.8 Å². The Kier molecular flexibility index (Phi) is 3.27. The largest absolute Gasteiger partial charge is 0.326 e. The molecule has 1 aromatic heterocycles. The molecule has 0 aliphatic rings. The molecule has 2 N–H and O–H groups in total. The average molecular weight is 236 g/mol. The standard InChI is InChI=1S/C12H14ClN3/c1-9-4-5-16(15-9)8-11-3-2-10(7-14)6-12(11)13/h2-6H,7-8,14H2,1H3. The fourth-order valence-corrected chi connectivity index (χ4v) is 1.83. The molecular formula is C12H14ClN3. The van der Waals surface area contributed by atoms with E-state index in [1.165, 1.54) is 0 Å². The lowest BCUT2D eigenvalue weighted by molar-refractivity contribution is 0.679. The molecule has 0 atom stereocenters. The molecule has 0 fully saturated rings. The second-order valence-electron chi connectivity index (χ2n) is 3.78. The van der Waals surface area contributed by atoms with Gasteiger partial charge in [-0.25, -0.2) is 0 Å². The quantitative estimate of drug-likeness (QED) is 0.888. The lowest BCUT2D eigenvalue weighted by atomic mass is 10.1. The van der Waals surface area contributed by atoms with Crippen LogP contribution in [-0.4, -0.2) is 9.78 Å². The Balaban J connectivity index is 2.21. The third-order valence-electron chi connectivity index (χ3n) is 2.46. The molecule has 1 heterocycles. The van der Waals surface area contributed by atoms with Crippen molar-refractivity contribution in [1.82, 2.24) is 9.78 Å². The third kappa shape index (κ3) is 2.43. The zero-order valence-electron chi connectivity index (χ0n) is 9.15. The molecule has 0 saturated carbocycles. The number of hydrogen-bond acceptors (Lipinski definition) is 2. The molecule has 2 rings (SSSR count). The Morgan fingerprint density at radius 1 is 1.38 bits per heavy atom. The number of nitrogens with two attached hydrogens (primary N) is 1. The summed E-state index contributed by atoms with van der Waals surface area (Å²) in [5, 5.41) is 5.07. The summed E-state index contributed by atoms with van der Waals surface area (Å²) in [4.78, 5) is 0. The molecule has 3 nitrogen and oxygen atoms in total. The van der Waals surface area contributed by atoms with Gasteiger partial charge >= 0.3 is 0 Å². The first-order chi connectivity index (χ1) is 7.69. The molecule has 0 spiro atoms. The first-order valence-corrected chi connectivity index (χ1v) is 5.54. The number of aryl methyl sites for hydroxylation is 1. The number of aromatic nitrogens is 2. The summed E-state index contributed by atoms with van der Waals surface area (Å²) < 4.78 is 1.87. The minimum atomic E-state index is 0.515. The molecule has 16 heavy (non-hydrogen) atoms. The molecule has 84 valence electrons. The highest BCUT2D eigenvalue weighted by molar-refractivity contribution is 6.31. The summed E-state index contributed by atoms with van der Waals surface area (Å²) in [7, 11) is 0. The molecule has 0 amide bonds. The maximum absolute atomic E-state index is 6.17. The highest BCUT2D eigenvalue weighted by Crippen LogP contribution is 2.18. The van der Waals surface area contributed by atoms with E-state index < -0.39 is 0 Å². The predicted octanol–water partition coefficient (Wildman–Crippen LogP) is 2.35. The molecule has 0 radical (unpaired) electrons. The van der Waals surface area contributed by atoms with Crippen LogP contribution in [0.15, 0.2) is 30.5 Å². The second kappa shape index (κ2) is 4.68. The van der Waals surface area contributed by atoms with Crippen LogP contribution in [0.2, 0.25) is 5.02 Å². The Morgan fingerprint density at radius 2 is 2.19 bits per heavy atom. The predicted molar refractivity (Wildman–Crippen MR) is 65.4 cm³/mol. The SMILES string of the molecule is Cc1ccn(Cc2ccc(CN)cc2Cl)n1. The number of rotatable bonds is 3. The highest BCUT2D eigenvalue weighted by Gasteiger charge is 2.03. The molecule has 0 aliphatic heterocycles. The molecule has 0 saturated heterocycles. The van der Waals surface area contributed by atoms with Gasteiger partial charge in [-0.05, 0) is 30.2 Å². The van der Waals surface area contributed by atoms with Crippen molar-refractivity contribution in [2.24, 2.45) is 5.73 Å². The monoisotopic (exact) mass is 235 g/mol. The Morgan fingerprint density at radius 3 is 2.75 bits per heavy atom. The van der Waals surface area contributed by atoms with E-state index in [2.05, 4.69) is 5.10 Å². The summed E-state index contributed by atoms with van der Waals surface area (Å²) in [5.74, 6) is 0. The normalized spacial score (nSPS) is 10.7. The smallest absolute Gasteiger partial charge is 0.0673 e. The zero-order chi connectivity index (χ0) is 11.5. The fourth-order valence-electron chi connectivity index (χ4n) is 1.57. The van der Waals surface area contributed by atoms with Crippen LogP contribution in [0.5, 0.6) is 0 Å². The number of benzene rings is 1. The molecule has 0 bridgehead atoms. The van der Waals surface area contributed by atoms with Gasteiger partial charge in [-0.2, -0.15) is 5.10 Å².